The van der Waals surface area contributed by atoms with Gasteiger partial charge in [0.25, 0.3) is 5.56 Å². The smallest absolute Gasteiger partial charge is 0.281 e. The monoisotopic (exact) mass is 456 g/mol. The number of nitrogens with two attached hydrogens (primary N) is 1. The molecule has 2 N–H and O–H groups in total. The van der Waals surface area contributed by atoms with E-state index in [4.69, 9.17) is 15.6 Å². The number of ether oxygens (including phenoxy) is 1. The minimum absolute atomic E-state index is 0.247. The van der Waals surface area contributed by atoms with Gasteiger partial charge in [0.15, 0.2) is 5.82 Å². The van der Waals surface area contributed by atoms with Crippen molar-refractivity contribution in [3.05, 3.63) is 81.0 Å². The molecule has 1 atom stereocenters. The molecule has 0 fully saturated rings. The van der Waals surface area contributed by atoms with Crippen LogP contribution < -0.4 is 16.1 Å². The molecule has 6 nitrogen and oxygen atoms in total. The first-order valence-corrected chi connectivity index (χ1v) is 11.9. The van der Waals surface area contributed by atoms with Gasteiger partial charge in [-0.25, -0.2) is 9.66 Å². The van der Waals surface area contributed by atoms with Gasteiger partial charge in [-0.15, -0.1) is 11.3 Å². The van der Waals surface area contributed by atoms with Crippen molar-refractivity contribution in [2.24, 2.45) is 0 Å². The fraction of sp³-hybridized carbons (Fsp3) is 0.269. The third kappa shape index (κ3) is 3.57. The lowest BCUT2D eigenvalue weighted by Crippen LogP contribution is -2.33. The lowest BCUT2D eigenvalue weighted by molar-refractivity contribution is 0.317. The molecule has 2 aromatic heterocycles. The Labute approximate surface area is 195 Å². The number of nitrogen functional groups attached to an aromatic ring is 1. The molecular formula is C26H24N4O2S. The summed E-state index contributed by atoms with van der Waals surface area (Å²) in [6, 6.07) is 19.9. The van der Waals surface area contributed by atoms with Crippen LogP contribution in [0.15, 0.2) is 59.4 Å². The maximum absolute atomic E-state index is 13.3. The van der Waals surface area contributed by atoms with E-state index in [1.54, 1.807) is 0 Å². The Bertz CT molecular complexity index is 1420. The van der Waals surface area contributed by atoms with Crippen LogP contribution >= 0.6 is 11.3 Å². The number of nitrogens with zero attached hydrogens (tertiary/aromatic N) is 3. The summed E-state index contributed by atoms with van der Waals surface area (Å²) in [5.74, 6) is 7.41. The third-order valence-corrected chi connectivity index (χ3v) is 7.46. The molecule has 1 unspecified atom stereocenters. The second-order valence-corrected chi connectivity index (χ2v) is 9.49. The Morgan fingerprint density at radius 3 is 2.67 bits per heavy atom. The summed E-state index contributed by atoms with van der Waals surface area (Å²) in [5.41, 5.74) is 1.92. The summed E-state index contributed by atoms with van der Waals surface area (Å²) in [6.45, 7) is 2.71. The molecule has 0 amide bonds. The van der Waals surface area contributed by atoms with Crippen LogP contribution in [0, 0.1) is 11.3 Å². The van der Waals surface area contributed by atoms with Crippen LogP contribution in [-0.2, 0) is 18.3 Å². The van der Waals surface area contributed by atoms with Crippen LogP contribution in [0.3, 0.4) is 0 Å². The quantitative estimate of drug-likeness (QED) is 0.444. The second kappa shape index (κ2) is 8.38. The molecule has 4 aromatic rings. The highest BCUT2D eigenvalue weighted by Crippen LogP contribution is 2.43. The van der Waals surface area contributed by atoms with Crippen molar-refractivity contribution < 1.29 is 4.74 Å². The van der Waals surface area contributed by atoms with E-state index in [9.17, 15) is 10.1 Å². The van der Waals surface area contributed by atoms with Gasteiger partial charge in [-0.2, -0.15) is 5.26 Å². The van der Waals surface area contributed by atoms with Gasteiger partial charge in [0.1, 0.15) is 10.6 Å². The average molecular weight is 457 g/mol. The molecule has 2 aromatic carbocycles. The Morgan fingerprint density at radius 2 is 1.97 bits per heavy atom. The van der Waals surface area contributed by atoms with Crippen molar-refractivity contribution >= 4 is 21.6 Å². The molecule has 2 heterocycles. The molecule has 0 bridgehead atoms. The predicted octanol–water partition coefficient (Wildman–Crippen LogP) is 4.58. The van der Waals surface area contributed by atoms with Gasteiger partial charge in [0, 0.05) is 16.9 Å². The van der Waals surface area contributed by atoms with Crippen LogP contribution in [0.25, 0.3) is 21.6 Å². The largest absolute Gasteiger partial charge is 0.494 e. The minimum Gasteiger partial charge on any atom is -0.494 e. The fourth-order valence-corrected chi connectivity index (χ4v) is 5.88. The highest BCUT2D eigenvalue weighted by molar-refractivity contribution is 7.18. The minimum atomic E-state index is -0.589. The highest BCUT2D eigenvalue weighted by atomic mass is 32.1. The summed E-state index contributed by atoms with van der Waals surface area (Å²) in [5, 5.41) is 10.7. The van der Waals surface area contributed by atoms with Crippen molar-refractivity contribution in [1.82, 2.24) is 9.66 Å². The van der Waals surface area contributed by atoms with Crippen LogP contribution in [0.5, 0.6) is 5.75 Å². The average Bonchev–Trinajstić information content (AvgIpc) is 3.23. The van der Waals surface area contributed by atoms with E-state index < -0.39 is 5.41 Å². The molecule has 33 heavy (non-hydrogen) atoms. The zero-order chi connectivity index (χ0) is 23.0. The lowest BCUT2D eigenvalue weighted by atomic mass is 9.70. The van der Waals surface area contributed by atoms with Gasteiger partial charge in [0.05, 0.1) is 23.5 Å². The predicted molar refractivity (Wildman–Crippen MR) is 131 cm³/mol. The topological polar surface area (TPSA) is 93.9 Å². The maximum Gasteiger partial charge on any atom is 0.281 e. The molecule has 7 heteroatoms. The fourth-order valence-electron chi connectivity index (χ4n) is 4.56. The molecule has 0 saturated heterocycles. The van der Waals surface area contributed by atoms with E-state index in [0.29, 0.717) is 41.9 Å². The van der Waals surface area contributed by atoms with E-state index in [-0.39, 0.29) is 5.56 Å². The van der Waals surface area contributed by atoms with Crippen molar-refractivity contribution in [3.63, 3.8) is 0 Å². The second-order valence-electron chi connectivity index (χ2n) is 8.40. The van der Waals surface area contributed by atoms with Gasteiger partial charge in [-0.05, 0) is 54.7 Å². The Kier molecular flexibility index (Phi) is 5.39. The number of aromatic nitrogens is 2. The van der Waals surface area contributed by atoms with Crippen molar-refractivity contribution in [3.8, 4) is 23.2 Å². The van der Waals surface area contributed by atoms with E-state index in [0.717, 1.165) is 38.4 Å². The van der Waals surface area contributed by atoms with Crippen LogP contribution in [0.4, 0.5) is 0 Å². The summed E-state index contributed by atoms with van der Waals surface area (Å²) in [7, 11) is 0. The third-order valence-electron chi connectivity index (χ3n) is 6.33. The maximum atomic E-state index is 13.3. The summed E-state index contributed by atoms with van der Waals surface area (Å²) in [6.07, 6.45) is 2.82. The molecule has 0 radical (unpaired) electrons. The van der Waals surface area contributed by atoms with Gasteiger partial charge < -0.3 is 10.6 Å². The van der Waals surface area contributed by atoms with Crippen molar-refractivity contribution in [1.29, 1.82) is 5.26 Å². The highest BCUT2D eigenvalue weighted by Gasteiger charge is 2.38. The Balaban J connectivity index is 1.57. The van der Waals surface area contributed by atoms with Gasteiger partial charge >= 0.3 is 0 Å². The number of nitriles is 1. The lowest BCUT2D eigenvalue weighted by Gasteiger charge is -2.31. The van der Waals surface area contributed by atoms with Crippen LogP contribution in [0.2, 0.25) is 0 Å². The van der Waals surface area contributed by atoms with E-state index in [1.807, 2.05) is 54.6 Å². The number of benzene rings is 2. The van der Waals surface area contributed by atoms with Gasteiger partial charge in [-0.1, -0.05) is 37.3 Å². The van der Waals surface area contributed by atoms with E-state index >= 15 is 0 Å². The van der Waals surface area contributed by atoms with Gasteiger partial charge in [0.2, 0.25) is 0 Å². The first kappa shape index (κ1) is 21.2. The Morgan fingerprint density at radius 1 is 1.21 bits per heavy atom. The molecular weight excluding hydrogens is 432 g/mol. The standard InChI is InChI=1S/C26H24N4O2S/c1-2-14-32-19-10-8-17(9-11-19)23-29-24-22(25(31)30(23)28)20-12-13-26(16-27,15-21(20)33-24)18-6-4-3-5-7-18/h3-11H,2,12-15,28H2,1H3. The number of thiophene rings is 1. The molecule has 1 aliphatic carbocycles. The molecule has 0 saturated carbocycles. The first-order chi connectivity index (χ1) is 16.1. The van der Waals surface area contributed by atoms with Crippen molar-refractivity contribution in [2.75, 3.05) is 12.4 Å². The number of hydrogen-bond donors (Lipinski definition) is 1. The normalized spacial score (nSPS) is 17.5. The summed E-state index contributed by atoms with van der Waals surface area (Å²) >= 11 is 1.50. The Hall–Kier alpha value is -3.63. The SMILES string of the molecule is CCCOc1ccc(-c2nc3sc4c(c3c(=O)n2N)CCC(C#N)(c2ccccc2)C4)cc1. The number of hydrogen-bond acceptors (Lipinski definition) is 6. The number of rotatable bonds is 5. The number of fused-ring (bicyclic) bond motifs is 3. The van der Waals surface area contributed by atoms with Crippen LogP contribution in [0.1, 0.15) is 35.8 Å². The molecule has 0 aliphatic heterocycles. The molecule has 166 valence electrons. The molecule has 5 rings (SSSR count). The zero-order valence-electron chi connectivity index (χ0n) is 18.4. The number of aryl methyl sites for hydroxylation is 1. The molecule has 0 spiro atoms. The van der Waals surface area contributed by atoms with E-state index in [2.05, 4.69) is 13.0 Å². The van der Waals surface area contributed by atoms with Crippen molar-refractivity contribution in [2.45, 2.75) is 38.0 Å². The van der Waals surface area contributed by atoms with Gasteiger partial charge in [-0.3, -0.25) is 4.79 Å². The summed E-state index contributed by atoms with van der Waals surface area (Å²) < 4.78 is 6.79. The van der Waals surface area contributed by atoms with E-state index in [1.165, 1.54) is 11.3 Å². The zero-order valence-corrected chi connectivity index (χ0v) is 19.2. The van der Waals surface area contributed by atoms with Crippen LogP contribution in [-0.4, -0.2) is 16.3 Å². The molecule has 1 aliphatic rings. The first-order valence-electron chi connectivity index (χ1n) is 11.1. The summed E-state index contributed by atoms with van der Waals surface area (Å²) in [4.78, 5) is 19.8.